The van der Waals surface area contributed by atoms with E-state index in [1.54, 1.807) is 7.11 Å². The monoisotopic (exact) mass is 355 g/mol. The summed E-state index contributed by atoms with van der Waals surface area (Å²) in [6, 6.07) is 4.64. The second-order valence-electron chi connectivity index (χ2n) is 8.86. The van der Waals surface area contributed by atoms with Gasteiger partial charge in [-0.1, -0.05) is 6.07 Å². The Morgan fingerprint density at radius 1 is 1.42 bits per heavy atom. The fourth-order valence-electron chi connectivity index (χ4n) is 6.51. The highest BCUT2D eigenvalue weighted by Crippen LogP contribution is 2.63. The van der Waals surface area contributed by atoms with Gasteiger partial charge in [0.15, 0.2) is 23.4 Å². The van der Waals surface area contributed by atoms with E-state index in [0.717, 1.165) is 50.3 Å². The molecule has 1 aromatic rings. The average molecular weight is 355 g/mol. The van der Waals surface area contributed by atoms with Crippen molar-refractivity contribution >= 4 is 5.78 Å². The molecule has 2 aliphatic heterocycles. The Kier molecular flexibility index (Phi) is 2.98. The fraction of sp³-hybridized carbons (Fsp3) is 0.667. The molecule has 3 aliphatic carbocycles. The first kappa shape index (κ1) is 15.5. The normalized spacial score (nSPS) is 42.2. The highest BCUT2D eigenvalue weighted by atomic mass is 16.5. The molecule has 0 radical (unpaired) electrons. The number of methoxy groups -OCH3 is 1. The molecule has 1 aromatic carbocycles. The van der Waals surface area contributed by atoms with E-state index in [4.69, 9.17) is 9.47 Å². The summed E-state index contributed by atoms with van der Waals surface area (Å²) in [5, 5.41) is 9.81. The summed E-state index contributed by atoms with van der Waals surface area (Å²) >= 11 is 0. The number of benzene rings is 1. The molecule has 1 N–H and O–H groups in total. The summed E-state index contributed by atoms with van der Waals surface area (Å²) in [5.41, 5.74) is 2.46. The van der Waals surface area contributed by atoms with Gasteiger partial charge >= 0.3 is 0 Å². The van der Waals surface area contributed by atoms with Gasteiger partial charge in [-0.25, -0.2) is 0 Å². The molecule has 2 unspecified atom stereocenters. The van der Waals surface area contributed by atoms with Crippen molar-refractivity contribution < 1.29 is 19.4 Å². The Hall–Kier alpha value is -1.59. The van der Waals surface area contributed by atoms with Gasteiger partial charge in [0.1, 0.15) is 0 Å². The van der Waals surface area contributed by atoms with Crippen molar-refractivity contribution in [3.05, 3.63) is 23.3 Å². The van der Waals surface area contributed by atoms with Crippen molar-refractivity contribution in [3.8, 4) is 11.5 Å². The van der Waals surface area contributed by atoms with E-state index in [2.05, 4.69) is 11.0 Å². The summed E-state index contributed by atoms with van der Waals surface area (Å²) in [6.45, 7) is 1.99. The number of ether oxygens (including phenoxy) is 2. The molecule has 0 amide bonds. The van der Waals surface area contributed by atoms with E-state index in [1.807, 2.05) is 6.07 Å². The molecule has 1 spiro atoms. The van der Waals surface area contributed by atoms with Crippen LogP contribution in [-0.2, 0) is 16.6 Å². The van der Waals surface area contributed by atoms with Gasteiger partial charge in [-0.05, 0) is 49.8 Å². The molecule has 5 nitrogen and oxygen atoms in total. The van der Waals surface area contributed by atoms with Gasteiger partial charge in [-0.3, -0.25) is 9.69 Å². The number of ketones is 1. The maximum absolute atomic E-state index is 12.8. The first-order valence-electron chi connectivity index (χ1n) is 9.95. The molecule has 2 saturated carbocycles. The zero-order valence-electron chi connectivity index (χ0n) is 15.1. The number of rotatable bonds is 3. The molecule has 2 heterocycles. The van der Waals surface area contributed by atoms with Gasteiger partial charge in [0.2, 0.25) is 0 Å². The molecular formula is C21H25NO4. The minimum atomic E-state index is -0.331. The largest absolute Gasteiger partial charge is 0.493 e. The van der Waals surface area contributed by atoms with Crippen LogP contribution in [-0.4, -0.2) is 54.2 Å². The number of aliphatic hydroxyl groups excluding tert-OH is 1. The Morgan fingerprint density at radius 2 is 2.27 bits per heavy atom. The third kappa shape index (κ3) is 1.76. The second kappa shape index (κ2) is 5.02. The number of carbonyl (C=O) groups is 1. The van der Waals surface area contributed by atoms with E-state index in [0.29, 0.717) is 24.3 Å². The molecule has 5 aliphatic rings. The van der Waals surface area contributed by atoms with Gasteiger partial charge < -0.3 is 14.6 Å². The van der Waals surface area contributed by atoms with E-state index in [9.17, 15) is 9.90 Å². The van der Waals surface area contributed by atoms with Crippen molar-refractivity contribution in [2.24, 2.45) is 11.8 Å². The highest BCUT2D eigenvalue weighted by Gasteiger charge is 2.66. The van der Waals surface area contributed by atoms with Crippen LogP contribution in [0, 0.1) is 11.8 Å². The third-order valence-electron chi connectivity index (χ3n) is 7.78. The zero-order valence-corrected chi connectivity index (χ0v) is 15.1. The van der Waals surface area contributed by atoms with Gasteiger partial charge in [0, 0.05) is 35.9 Å². The van der Waals surface area contributed by atoms with E-state index < -0.39 is 0 Å². The number of hydrogen-bond donors (Lipinski definition) is 1. The van der Waals surface area contributed by atoms with Crippen molar-refractivity contribution in [2.75, 3.05) is 20.2 Å². The van der Waals surface area contributed by atoms with Crippen LogP contribution in [0.2, 0.25) is 0 Å². The minimum absolute atomic E-state index is 0.104. The lowest BCUT2D eigenvalue weighted by atomic mass is 9.51. The predicted octanol–water partition coefficient (Wildman–Crippen LogP) is 1.68. The molecule has 6 rings (SSSR count). The fourth-order valence-corrected chi connectivity index (χ4v) is 6.51. The van der Waals surface area contributed by atoms with Crippen molar-refractivity contribution in [1.29, 1.82) is 0 Å². The van der Waals surface area contributed by atoms with Crippen molar-refractivity contribution in [3.63, 3.8) is 0 Å². The molecule has 2 bridgehead atoms. The van der Waals surface area contributed by atoms with Crippen LogP contribution in [0.1, 0.15) is 36.8 Å². The van der Waals surface area contributed by atoms with Crippen LogP contribution in [0.25, 0.3) is 0 Å². The summed E-state index contributed by atoms with van der Waals surface area (Å²) in [6.07, 6.45) is 4.09. The van der Waals surface area contributed by atoms with Crippen LogP contribution in [0.3, 0.4) is 0 Å². The van der Waals surface area contributed by atoms with E-state index in [1.165, 1.54) is 11.1 Å². The molecule has 5 heteroatoms. The minimum Gasteiger partial charge on any atom is -0.493 e. The lowest BCUT2D eigenvalue weighted by molar-refractivity contribution is -0.138. The molecule has 1 saturated heterocycles. The van der Waals surface area contributed by atoms with Gasteiger partial charge in [0.25, 0.3) is 0 Å². The smallest absolute Gasteiger partial charge is 0.174 e. The number of likely N-dealkylation sites (tertiary alicyclic amines) is 1. The number of Topliss-reactive ketones (excluding diaryl/α,β-unsaturated/α-hetero) is 1. The molecule has 3 fully saturated rings. The SMILES string of the molecule is COc1ccc2c3c1O[C@H]1C(=O)CC[C@H]4[C@@H](C2)N(CC2CC2O)CC[C@]314. The van der Waals surface area contributed by atoms with Gasteiger partial charge in [-0.2, -0.15) is 0 Å². The lowest BCUT2D eigenvalue weighted by Gasteiger charge is -2.57. The second-order valence-corrected chi connectivity index (χ2v) is 8.86. The van der Waals surface area contributed by atoms with Gasteiger partial charge in [0.05, 0.1) is 13.2 Å². The van der Waals surface area contributed by atoms with Crippen molar-refractivity contribution in [2.45, 2.75) is 55.8 Å². The maximum atomic E-state index is 12.8. The lowest BCUT2D eigenvalue weighted by Crippen LogP contribution is -2.66. The average Bonchev–Trinajstić information content (AvgIpc) is 3.21. The Labute approximate surface area is 153 Å². The van der Waals surface area contributed by atoms with Crippen molar-refractivity contribution in [1.82, 2.24) is 4.90 Å². The molecular weight excluding hydrogens is 330 g/mol. The standard InChI is InChI=1S/C21H25NO4/c1-25-17-5-2-11-8-14-13-3-4-15(23)20-21(13,18(11)19(17)26-20)6-7-22(14)10-12-9-16(12)24/h2,5,12-14,16,20,24H,3-4,6-10H2,1H3/t12?,13-,14+,16?,20-,21-/m0/s1. The summed E-state index contributed by atoms with van der Waals surface area (Å²) in [5.74, 6) is 2.77. The summed E-state index contributed by atoms with van der Waals surface area (Å²) < 4.78 is 11.9. The summed E-state index contributed by atoms with van der Waals surface area (Å²) in [7, 11) is 1.68. The Bertz CT molecular complexity index is 807. The number of hydrogen-bond acceptors (Lipinski definition) is 5. The number of aliphatic hydroxyl groups is 1. The Morgan fingerprint density at radius 3 is 3.04 bits per heavy atom. The number of nitrogens with zero attached hydrogens (tertiary/aromatic N) is 1. The van der Waals surface area contributed by atoms with E-state index in [-0.39, 0.29) is 23.4 Å². The molecule has 26 heavy (non-hydrogen) atoms. The Balaban J connectivity index is 1.49. The van der Waals surface area contributed by atoms with Gasteiger partial charge in [-0.15, -0.1) is 0 Å². The maximum Gasteiger partial charge on any atom is 0.174 e. The van der Waals surface area contributed by atoms with Crippen LogP contribution < -0.4 is 9.47 Å². The number of piperidine rings is 1. The molecule has 6 atom stereocenters. The predicted molar refractivity (Wildman–Crippen MR) is 94.6 cm³/mol. The first-order valence-corrected chi connectivity index (χ1v) is 9.95. The first-order chi connectivity index (χ1) is 12.6. The zero-order chi connectivity index (χ0) is 17.6. The van der Waals surface area contributed by atoms with Crippen LogP contribution in [0.5, 0.6) is 11.5 Å². The van der Waals surface area contributed by atoms with Crippen LogP contribution in [0.15, 0.2) is 12.1 Å². The quantitative estimate of drug-likeness (QED) is 0.894. The van der Waals surface area contributed by atoms with E-state index >= 15 is 0 Å². The van der Waals surface area contributed by atoms with Crippen LogP contribution in [0.4, 0.5) is 0 Å². The third-order valence-corrected chi connectivity index (χ3v) is 7.78. The van der Waals surface area contributed by atoms with Crippen LogP contribution >= 0.6 is 0 Å². The number of carbonyl (C=O) groups excluding carboxylic acids is 1. The topological polar surface area (TPSA) is 59.0 Å². The summed E-state index contributed by atoms with van der Waals surface area (Å²) in [4.78, 5) is 15.4. The highest BCUT2D eigenvalue weighted by molar-refractivity contribution is 5.89. The molecule has 0 aromatic heterocycles. The molecule has 138 valence electrons.